The Balaban J connectivity index is 2.87. The number of nitrogens with zero attached hydrogens (tertiary/aromatic N) is 1. The van der Waals surface area contributed by atoms with E-state index in [1.54, 1.807) is 18.4 Å². The molecule has 1 aromatic carbocycles. The number of hydrogen-bond donors (Lipinski definition) is 0. The lowest BCUT2D eigenvalue weighted by atomic mass is 10.1. The maximum atomic E-state index is 13.4. The largest absolute Gasteiger partial charge is 0.305 e. The third-order valence-electron chi connectivity index (χ3n) is 2.08. The molecule has 0 radical (unpaired) electrons. The monoisotopic (exact) mass is 211 g/mol. The second-order valence-corrected chi connectivity index (χ2v) is 3.85. The number of aryl methyl sites for hydroxylation is 1. The van der Waals surface area contributed by atoms with Gasteiger partial charge in [-0.3, -0.25) is 10.1 Å². The summed E-state index contributed by atoms with van der Waals surface area (Å²) in [5.41, 5.74) is -0.0994. The SMILES string of the molecule is Cc1c(F)c([N+](=O)[O-])cc2ccsc12. The van der Waals surface area contributed by atoms with Crippen molar-refractivity contribution >= 4 is 27.1 Å². The first-order valence-electron chi connectivity index (χ1n) is 3.92. The quantitative estimate of drug-likeness (QED) is 0.536. The van der Waals surface area contributed by atoms with Gasteiger partial charge in [0, 0.05) is 16.3 Å². The molecule has 0 unspecified atom stereocenters. The van der Waals surface area contributed by atoms with Gasteiger partial charge in [-0.2, -0.15) is 4.39 Å². The first kappa shape index (κ1) is 9.08. The summed E-state index contributed by atoms with van der Waals surface area (Å²) in [5, 5.41) is 13.0. The first-order chi connectivity index (χ1) is 6.61. The molecule has 3 nitrogen and oxygen atoms in total. The van der Waals surface area contributed by atoms with Crippen LogP contribution in [0, 0.1) is 22.9 Å². The number of hydrogen-bond acceptors (Lipinski definition) is 3. The van der Waals surface area contributed by atoms with Crippen LogP contribution in [-0.2, 0) is 0 Å². The predicted octanol–water partition coefficient (Wildman–Crippen LogP) is 3.26. The van der Waals surface area contributed by atoms with Crippen molar-refractivity contribution in [1.29, 1.82) is 0 Å². The second kappa shape index (κ2) is 3.02. The summed E-state index contributed by atoms with van der Waals surface area (Å²) in [7, 11) is 0. The lowest BCUT2D eigenvalue weighted by Crippen LogP contribution is -1.94. The van der Waals surface area contributed by atoms with Crippen molar-refractivity contribution in [3.63, 3.8) is 0 Å². The van der Waals surface area contributed by atoms with Crippen molar-refractivity contribution in [1.82, 2.24) is 0 Å². The van der Waals surface area contributed by atoms with E-state index in [2.05, 4.69) is 0 Å². The van der Waals surface area contributed by atoms with Crippen molar-refractivity contribution in [3.8, 4) is 0 Å². The van der Waals surface area contributed by atoms with E-state index in [4.69, 9.17) is 0 Å². The van der Waals surface area contributed by atoms with Crippen LogP contribution >= 0.6 is 11.3 Å². The zero-order chi connectivity index (χ0) is 10.3. The molecule has 72 valence electrons. The predicted molar refractivity (Wildman–Crippen MR) is 53.2 cm³/mol. The van der Waals surface area contributed by atoms with Gasteiger partial charge in [0.15, 0.2) is 0 Å². The third-order valence-corrected chi connectivity index (χ3v) is 3.13. The maximum absolute atomic E-state index is 13.4. The molecule has 0 N–H and O–H groups in total. The van der Waals surface area contributed by atoms with Crippen molar-refractivity contribution in [2.75, 3.05) is 0 Å². The Labute approximate surface area is 82.9 Å². The van der Waals surface area contributed by atoms with Crippen molar-refractivity contribution < 1.29 is 9.31 Å². The van der Waals surface area contributed by atoms with Gasteiger partial charge in [-0.25, -0.2) is 0 Å². The molecule has 0 spiro atoms. The van der Waals surface area contributed by atoms with Gasteiger partial charge in [0.05, 0.1) is 4.92 Å². The number of rotatable bonds is 1. The molecule has 14 heavy (non-hydrogen) atoms. The molecule has 0 saturated carbocycles. The molecule has 5 heteroatoms. The van der Waals surface area contributed by atoms with E-state index >= 15 is 0 Å². The normalized spacial score (nSPS) is 10.7. The Bertz CT molecular complexity index is 521. The van der Waals surface area contributed by atoms with Gasteiger partial charge in [-0.05, 0) is 23.8 Å². The minimum atomic E-state index is -0.732. The number of benzene rings is 1. The Morgan fingerprint density at radius 2 is 2.29 bits per heavy atom. The molecular weight excluding hydrogens is 205 g/mol. The molecule has 0 saturated heterocycles. The smallest absolute Gasteiger partial charge is 0.258 e. The van der Waals surface area contributed by atoms with Gasteiger partial charge in [-0.1, -0.05) is 0 Å². The van der Waals surface area contributed by atoms with E-state index < -0.39 is 16.4 Å². The summed E-state index contributed by atoms with van der Waals surface area (Å²) < 4.78 is 14.2. The van der Waals surface area contributed by atoms with E-state index in [9.17, 15) is 14.5 Å². The maximum Gasteiger partial charge on any atom is 0.305 e. The zero-order valence-electron chi connectivity index (χ0n) is 7.28. The average molecular weight is 211 g/mol. The Morgan fingerprint density at radius 3 is 2.93 bits per heavy atom. The van der Waals surface area contributed by atoms with Crippen molar-refractivity contribution in [2.45, 2.75) is 6.92 Å². The number of nitro groups is 1. The molecule has 1 heterocycles. The van der Waals surface area contributed by atoms with Crippen LogP contribution in [0.15, 0.2) is 17.5 Å². The fourth-order valence-corrected chi connectivity index (χ4v) is 2.25. The zero-order valence-corrected chi connectivity index (χ0v) is 8.10. The van der Waals surface area contributed by atoms with E-state index in [1.165, 1.54) is 17.4 Å². The molecule has 0 amide bonds. The molecule has 1 aromatic heterocycles. The highest BCUT2D eigenvalue weighted by Gasteiger charge is 2.19. The van der Waals surface area contributed by atoms with Crippen LogP contribution in [0.1, 0.15) is 5.56 Å². The fraction of sp³-hybridized carbons (Fsp3) is 0.111. The highest BCUT2D eigenvalue weighted by Crippen LogP contribution is 2.32. The summed E-state index contributed by atoms with van der Waals surface area (Å²) >= 11 is 1.39. The highest BCUT2D eigenvalue weighted by atomic mass is 32.1. The number of nitro benzene ring substituents is 1. The van der Waals surface area contributed by atoms with Gasteiger partial charge < -0.3 is 0 Å². The third kappa shape index (κ3) is 1.17. The van der Waals surface area contributed by atoms with Crippen LogP contribution in [0.25, 0.3) is 10.1 Å². The lowest BCUT2D eigenvalue weighted by Gasteiger charge is -1.99. The number of fused-ring (bicyclic) bond motifs is 1. The van der Waals surface area contributed by atoms with E-state index in [1.807, 2.05) is 0 Å². The minimum Gasteiger partial charge on any atom is -0.258 e. The van der Waals surface area contributed by atoms with Crippen molar-refractivity contribution in [3.05, 3.63) is 39.0 Å². The van der Waals surface area contributed by atoms with Crippen LogP contribution < -0.4 is 0 Å². The molecule has 0 aliphatic heterocycles. The molecule has 0 aliphatic carbocycles. The Hall–Kier alpha value is -1.49. The average Bonchev–Trinajstić information content (AvgIpc) is 2.58. The highest BCUT2D eigenvalue weighted by molar-refractivity contribution is 7.17. The van der Waals surface area contributed by atoms with Crippen LogP contribution in [-0.4, -0.2) is 4.92 Å². The topological polar surface area (TPSA) is 43.1 Å². The number of thiophene rings is 1. The second-order valence-electron chi connectivity index (χ2n) is 2.93. The summed E-state index contributed by atoms with van der Waals surface area (Å²) in [4.78, 5) is 9.81. The molecule has 0 fully saturated rings. The van der Waals surface area contributed by atoms with E-state index in [-0.39, 0.29) is 0 Å². The summed E-state index contributed by atoms with van der Waals surface area (Å²) in [6.07, 6.45) is 0. The molecule has 2 rings (SSSR count). The molecule has 2 aromatic rings. The summed E-state index contributed by atoms with van der Waals surface area (Å²) in [6, 6.07) is 3.02. The standard InChI is InChI=1S/C9H6FNO2S/c1-5-8(10)7(11(12)13)4-6-2-3-14-9(5)6/h2-4H,1H3. The van der Waals surface area contributed by atoms with Gasteiger partial charge in [0.2, 0.25) is 5.82 Å². The van der Waals surface area contributed by atoms with Gasteiger partial charge in [0.25, 0.3) is 0 Å². The van der Waals surface area contributed by atoms with Crippen LogP contribution in [0.5, 0.6) is 0 Å². The van der Waals surface area contributed by atoms with Crippen LogP contribution in [0.4, 0.5) is 10.1 Å². The van der Waals surface area contributed by atoms with Gasteiger partial charge >= 0.3 is 5.69 Å². The minimum absolute atomic E-state index is 0.351. The van der Waals surface area contributed by atoms with Crippen LogP contribution in [0.3, 0.4) is 0 Å². The molecule has 0 atom stereocenters. The van der Waals surface area contributed by atoms with E-state index in [0.29, 0.717) is 5.56 Å². The number of halogens is 1. The summed E-state index contributed by atoms with van der Waals surface area (Å²) in [5.74, 6) is -0.732. The Kier molecular flexibility index (Phi) is 1.96. The van der Waals surface area contributed by atoms with Gasteiger partial charge in [-0.15, -0.1) is 11.3 Å². The Morgan fingerprint density at radius 1 is 1.57 bits per heavy atom. The molecule has 0 bridgehead atoms. The lowest BCUT2D eigenvalue weighted by molar-refractivity contribution is -0.387. The molecule has 0 aliphatic rings. The van der Waals surface area contributed by atoms with Crippen molar-refractivity contribution in [2.24, 2.45) is 0 Å². The van der Waals surface area contributed by atoms with E-state index in [0.717, 1.165) is 10.1 Å². The fourth-order valence-electron chi connectivity index (χ4n) is 1.37. The first-order valence-corrected chi connectivity index (χ1v) is 4.80. The molecular formula is C9H6FNO2S. The van der Waals surface area contributed by atoms with Gasteiger partial charge in [0.1, 0.15) is 0 Å². The van der Waals surface area contributed by atoms with Crippen LogP contribution in [0.2, 0.25) is 0 Å². The summed E-state index contributed by atoms with van der Waals surface area (Å²) in [6.45, 7) is 1.56.